The van der Waals surface area contributed by atoms with E-state index in [4.69, 9.17) is 0 Å². The summed E-state index contributed by atoms with van der Waals surface area (Å²) >= 11 is 0. The highest BCUT2D eigenvalue weighted by atomic mass is 32.2. The fraction of sp³-hybridized carbons (Fsp3) is 0.364. The summed E-state index contributed by atoms with van der Waals surface area (Å²) in [6.07, 6.45) is -0.0397. The molecule has 0 aliphatic rings. The van der Waals surface area contributed by atoms with Gasteiger partial charge in [0.25, 0.3) is 0 Å². The minimum atomic E-state index is -3.84. The predicted octanol–water partition coefficient (Wildman–Crippen LogP) is 1.66. The molecule has 0 unspecified atom stereocenters. The Morgan fingerprint density at radius 1 is 1.37 bits per heavy atom. The number of halogens is 2. The number of rotatable bonds is 6. The van der Waals surface area contributed by atoms with Crippen molar-refractivity contribution >= 4 is 21.7 Å². The second-order valence-electron chi connectivity index (χ2n) is 3.70. The molecule has 0 radical (unpaired) electrons. The molecule has 0 fully saturated rings. The van der Waals surface area contributed by atoms with Gasteiger partial charge in [0.05, 0.1) is 18.6 Å². The van der Waals surface area contributed by atoms with Gasteiger partial charge in [-0.2, -0.15) is 0 Å². The molecule has 0 aromatic heterocycles. The van der Waals surface area contributed by atoms with E-state index < -0.39 is 39.1 Å². The van der Waals surface area contributed by atoms with Crippen LogP contribution in [0.25, 0.3) is 0 Å². The Morgan fingerprint density at radius 3 is 2.68 bits per heavy atom. The molecule has 0 spiro atoms. The van der Waals surface area contributed by atoms with Gasteiger partial charge in [-0.3, -0.25) is 9.52 Å². The van der Waals surface area contributed by atoms with Crippen LogP contribution in [0, 0.1) is 11.6 Å². The third-order valence-electron chi connectivity index (χ3n) is 2.24. The van der Waals surface area contributed by atoms with E-state index >= 15 is 0 Å². The van der Waals surface area contributed by atoms with Gasteiger partial charge in [0.1, 0.15) is 0 Å². The van der Waals surface area contributed by atoms with E-state index in [9.17, 15) is 22.0 Å². The molecule has 0 aliphatic heterocycles. The maximum atomic E-state index is 13.3. The van der Waals surface area contributed by atoms with Crippen molar-refractivity contribution in [1.29, 1.82) is 0 Å². The topological polar surface area (TPSA) is 72.5 Å². The van der Waals surface area contributed by atoms with Gasteiger partial charge in [0.15, 0.2) is 11.6 Å². The van der Waals surface area contributed by atoms with E-state index in [0.717, 1.165) is 12.1 Å². The SMILES string of the molecule is COC(=O)CCCS(=O)(=O)Nc1cccc(F)c1F. The average Bonchev–Trinajstić information content (AvgIpc) is 2.34. The number of hydrogen-bond acceptors (Lipinski definition) is 4. The molecule has 0 amide bonds. The molecule has 1 aromatic rings. The fourth-order valence-electron chi connectivity index (χ4n) is 1.31. The van der Waals surface area contributed by atoms with E-state index in [-0.39, 0.29) is 12.8 Å². The Hall–Kier alpha value is -1.70. The molecule has 0 bridgehead atoms. The number of benzene rings is 1. The lowest BCUT2D eigenvalue weighted by Gasteiger charge is -2.08. The lowest BCUT2D eigenvalue weighted by Crippen LogP contribution is -2.18. The Bertz CT molecular complexity index is 560. The van der Waals surface area contributed by atoms with Crippen LogP contribution in [0.2, 0.25) is 0 Å². The van der Waals surface area contributed by atoms with Gasteiger partial charge in [-0.25, -0.2) is 17.2 Å². The van der Waals surface area contributed by atoms with Crippen molar-refractivity contribution in [3.8, 4) is 0 Å². The smallest absolute Gasteiger partial charge is 0.305 e. The van der Waals surface area contributed by atoms with E-state index in [1.807, 2.05) is 4.72 Å². The van der Waals surface area contributed by atoms with E-state index in [1.165, 1.54) is 13.2 Å². The number of nitrogens with one attached hydrogen (secondary N) is 1. The molecule has 1 rings (SSSR count). The van der Waals surface area contributed by atoms with Crippen molar-refractivity contribution in [2.45, 2.75) is 12.8 Å². The monoisotopic (exact) mass is 293 g/mol. The lowest BCUT2D eigenvalue weighted by atomic mass is 10.3. The molecule has 5 nitrogen and oxygen atoms in total. The zero-order valence-electron chi connectivity index (χ0n) is 10.2. The second-order valence-corrected chi connectivity index (χ2v) is 5.54. The first-order valence-corrected chi connectivity index (χ1v) is 7.02. The molecule has 0 atom stereocenters. The summed E-state index contributed by atoms with van der Waals surface area (Å²) in [7, 11) is -2.65. The zero-order valence-corrected chi connectivity index (χ0v) is 11.0. The molecule has 19 heavy (non-hydrogen) atoms. The highest BCUT2D eigenvalue weighted by molar-refractivity contribution is 7.92. The van der Waals surface area contributed by atoms with E-state index in [1.54, 1.807) is 0 Å². The van der Waals surface area contributed by atoms with E-state index in [0.29, 0.717) is 0 Å². The predicted molar refractivity (Wildman–Crippen MR) is 65.0 cm³/mol. The number of methoxy groups -OCH3 is 1. The largest absolute Gasteiger partial charge is 0.469 e. The molecule has 8 heteroatoms. The third-order valence-corrected chi connectivity index (χ3v) is 3.60. The van der Waals surface area contributed by atoms with Gasteiger partial charge in [-0.05, 0) is 18.6 Å². The molecule has 106 valence electrons. The number of sulfonamides is 1. The molecule has 0 saturated carbocycles. The number of carbonyl (C=O) groups is 1. The molecule has 1 aromatic carbocycles. The summed E-state index contributed by atoms with van der Waals surface area (Å²) in [4.78, 5) is 10.8. The molecular weight excluding hydrogens is 280 g/mol. The normalized spacial score (nSPS) is 11.1. The maximum absolute atomic E-state index is 13.3. The number of ether oxygens (including phenoxy) is 1. The fourth-order valence-corrected chi connectivity index (χ4v) is 2.43. The standard InChI is InChI=1S/C11H13F2NO4S/c1-18-10(15)6-3-7-19(16,17)14-9-5-2-4-8(12)11(9)13/h2,4-5,14H,3,6-7H2,1H3. The molecule has 0 aliphatic carbocycles. The number of carbonyl (C=O) groups excluding carboxylic acids is 1. The third kappa shape index (κ3) is 4.82. The van der Waals surface area contributed by atoms with Gasteiger partial charge in [-0.1, -0.05) is 6.07 Å². The van der Waals surface area contributed by atoms with Crippen LogP contribution < -0.4 is 4.72 Å². The van der Waals surface area contributed by atoms with Crippen LogP contribution in [0.15, 0.2) is 18.2 Å². The van der Waals surface area contributed by atoms with Gasteiger partial charge < -0.3 is 4.74 Å². The first-order valence-electron chi connectivity index (χ1n) is 5.37. The Balaban J connectivity index is 2.64. The van der Waals surface area contributed by atoms with Crippen LogP contribution in [0.1, 0.15) is 12.8 Å². The molecule has 0 heterocycles. The minimum Gasteiger partial charge on any atom is -0.469 e. The second kappa shape index (κ2) is 6.46. The van der Waals surface area contributed by atoms with Gasteiger partial charge >= 0.3 is 5.97 Å². The summed E-state index contributed by atoms with van der Waals surface area (Å²) in [5, 5.41) is 0. The maximum Gasteiger partial charge on any atom is 0.305 e. The van der Waals surface area contributed by atoms with Crippen molar-refractivity contribution in [3.05, 3.63) is 29.8 Å². The first-order chi connectivity index (χ1) is 8.85. The molecule has 1 N–H and O–H groups in total. The van der Waals surface area contributed by atoms with Crippen LogP contribution in [0.3, 0.4) is 0 Å². The van der Waals surface area contributed by atoms with Crippen molar-refractivity contribution in [2.24, 2.45) is 0 Å². The summed E-state index contributed by atoms with van der Waals surface area (Å²) in [5.41, 5.74) is -0.460. The van der Waals surface area contributed by atoms with Gasteiger partial charge in [0.2, 0.25) is 10.0 Å². The van der Waals surface area contributed by atoms with E-state index in [2.05, 4.69) is 4.74 Å². The van der Waals surface area contributed by atoms with Crippen molar-refractivity contribution in [2.75, 3.05) is 17.6 Å². The van der Waals surface area contributed by atoms with Crippen molar-refractivity contribution in [3.63, 3.8) is 0 Å². The highest BCUT2D eigenvalue weighted by Crippen LogP contribution is 2.18. The number of anilines is 1. The van der Waals surface area contributed by atoms with Crippen LogP contribution in [0.4, 0.5) is 14.5 Å². The summed E-state index contributed by atoms with van der Waals surface area (Å²) in [6, 6.07) is 3.17. The van der Waals surface area contributed by atoms with Crippen LogP contribution >= 0.6 is 0 Å². The Labute approximate surface area is 109 Å². The first kappa shape index (κ1) is 15.4. The summed E-state index contributed by atoms with van der Waals surface area (Å²) in [5.74, 6) is -3.33. The van der Waals surface area contributed by atoms with Crippen LogP contribution in [-0.2, 0) is 19.6 Å². The average molecular weight is 293 g/mol. The summed E-state index contributed by atoms with van der Waals surface area (Å²) in [6.45, 7) is 0. The Morgan fingerprint density at radius 2 is 2.05 bits per heavy atom. The lowest BCUT2D eigenvalue weighted by molar-refractivity contribution is -0.140. The van der Waals surface area contributed by atoms with Crippen molar-refractivity contribution < 1.29 is 26.7 Å². The van der Waals surface area contributed by atoms with Crippen LogP contribution in [-0.4, -0.2) is 27.2 Å². The molecular formula is C11H13F2NO4S. The van der Waals surface area contributed by atoms with Gasteiger partial charge in [0, 0.05) is 6.42 Å². The number of hydrogen-bond donors (Lipinski definition) is 1. The van der Waals surface area contributed by atoms with Gasteiger partial charge in [-0.15, -0.1) is 0 Å². The highest BCUT2D eigenvalue weighted by Gasteiger charge is 2.15. The quantitative estimate of drug-likeness (QED) is 0.810. The Kier molecular flexibility index (Phi) is 5.22. The minimum absolute atomic E-state index is 0.0267. The van der Waals surface area contributed by atoms with Crippen molar-refractivity contribution in [1.82, 2.24) is 0 Å². The zero-order chi connectivity index (χ0) is 14.5. The molecule has 0 saturated heterocycles. The van der Waals surface area contributed by atoms with Crippen LogP contribution in [0.5, 0.6) is 0 Å². The number of esters is 1. The summed E-state index contributed by atoms with van der Waals surface area (Å²) < 4.78 is 55.6.